The number of hydrogen-bond donors (Lipinski definition) is 0. The summed E-state index contributed by atoms with van der Waals surface area (Å²) in [6.07, 6.45) is 3.89. The third-order valence-corrected chi connectivity index (χ3v) is 5.65. The van der Waals surface area contributed by atoms with Crippen molar-refractivity contribution in [3.8, 4) is 5.19 Å². The monoisotopic (exact) mass is 366 g/mol. The number of ether oxygens (including phenoxy) is 1. The van der Waals surface area contributed by atoms with E-state index in [1.807, 2.05) is 5.38 Å². The number of benzene rings is 1. The molecule has 2 heterocycles. The van der Waals surface area contributed by atoms with Gasteiger partial charge in [-0.3, -0.25) is 4.79 Å². The number of nitrogens with zero attached hydrogens (tertiary/aromatic N) is 2. The molecular formula is C16H18N2O4S2. The number of likely N-dealkylation sites (tertiary alicyclic amines) is 1. The maximum absolute atomic E-state index is 12.1. The standard InChI is InChI=1S/C16H18N2O4S2/c1-24(20,21)14-5-2-12(3-6-14)4-7-15(19)18-10-13(11-18)22-16-17-8-9-23-16/h2-3,5-6,8-9,13H,4,7,10-11H2,1H3. The summed E-state index contributed by atoms with van der Waals surface area (Å²) in [6, 6.07) is 6.68. The zero-order chi connectivity index (χ0) is 17.2. The number of thiazole rings is 1. The molecule has 0 bridgehead atoms. The maximum atomic E-state index is 12.1. The van der Waals surface area contributed by atoms with Gasteiger partial charge >= 0.3 is 0 Å². The van der Waals surface area contributed by atoms with Crippen molar-refractivity contribution in [2.24, 2.45) is 0 Å². The van der Waals surface area contributed by atoms with Gasteiger partial charge in [-0.15, -0.1) is 0 Å². The van der Waals surface area contributed by atoms with E-state index < -0.39 is 9.84 Å². The van der Waals surface area contributed by atoms with E-state index in [4.69, 9.17) is 4.74 Å². The van der Waals surface area contributed by atoms with Crippen LogP contribution in [-0.4, -0.2) is 49.7 Å². The van der Waals surface area contributed by atoms with Crippen molar-refractivity contribution in [3.63, 3.8) is 0 Å². The Balaban J connectivity index is 1.43. The molecular weight excluding hydrogens is 348 g/mol. The van der Waals surface area contributed by atoms with E-state index in [2.05, 4.69) is 4.98 Å². The molecule has 8 heteroatoms. The Morgan fingerprint density at radius 2 is 2.04 bits per heavy atom. The van der Waals surface area contributed by atoms with Crippen molar-refractivity contribution in [1.82, 2.24) is 9.88 Å². The van der Waals surface area contributed by atoms with Crippen molar-refractivity contribution in [2.75, 3.05) is 19.3 Å². The lowest BCUT2D eigenvalue weighted by Gasteiger charge is -2.38. The van der Waals surface area contributed by atoms with Gasteiger partial charge in [-0.2, -0.15) is 0 Å². The zero-order valence-corrected chi connectivity index (χ0v) is 14.8. The highest BCUT2D eigenvalue weighted by Gasteiger charge is 2.32. The fraction of sp³-hybridized carbons (Fsp3) is 0.375. The molecule has 0 unspecified atom stereocenters. The molecule has 1 saturated heterocycles. The lowest BCUT2D eigenvalue weighted by atomic mass is 10.1. The molecule has 3 rings (SSSR count). The predicted octanol–water partition coefficient (Wildman–Crippen LogP) is 1.77. The summed E-state index contributed by atoms with van der Waals surface area (Å²) in [5.41, 5.74) is 0.951. The molecule has 1 aliphatic heterocycles. The van der Waals surface area contributed by atoms with Gasteiger partial charge in [-0.05, 0) is 24.1 Å². The SMILES string of the molecule is CS(=O)(=O)c1ccc(CCC(=O)N2CC(Oc3nccs3)C2)cc1. The van der Waals surface area contributed by atoms with E-state index in [0.29, 0.717) is 36.0 Å². The third-order valence-electron chi connectivity index (χ3n) is 3.86. The van der Waals surface area contributed by atoms with Gasteiger partial charge in [0.05, 0.1) is 18.0 Å². The van der Waals surface area contributed by atoms with E-state index in [1.165, 1.54) is 17.6 Å². The van der Waals surface area contributed by atoms with Crippen LogP contribution in [0.2, 0.25) is 0 Å². The Bertz CT molecular complexity index is 795. The van der Waals surface area contributed by atoms with E-state index >= 15 is 0 Å². The quantitative estimate of drug-likeness (QED) is 0.779. The number of amides is 1. The largest absolute Gasteiger partial charge is 0.463 e. The van der Waals surface area contributed by atoms with Crippen molar-refractivity contribution in [2.45, 2.75) is 23.8 Å². The molecule has 0 radical (unpaired) electrons. The summed E-state index contributed by atoms with van der Waals surface area (Å²) in [5, 5.41) is 2.49. The van der Waals surface area contributed by atoms with Crippen LogP contribution in [0.1, 0.15) is 12.0 Å². The highest BCUT2D eigenvalue weighted by Crippen LogP contribution is 2.21. The lowest BCUT2D eigenvalue weighted by molar-refractivity contribution is -0.139. The molecule has 0 N–H and O–H groups in total. The summed E-state index contributed by atoms with van der Waals surface area (Å²) in [5.74, 6) is 0.0844. The number of rotatable bonds is 6. The van der Waals surface area contributed by atoms with Crippen LogP contribution in [0.4, 0.5) is 0 Å². The van der Waals surface area contributed by atoms with E-state index in [1.54, 1.807) is 35.4 Å². The highest BCUT2D eigenvalue weighted by atomic mass is 32.2. The van der Waals surface area contributed by atoms with Crippen LogP contribution in [0.3, 0.4) is 0 Å². The van der Waals surface area contributed by atoms with E-state index in [9.17, 15) is 13.2 Å². The van der Waals surface area contributed by atoms with Gasteiger partial charge in [0.1, 0.15) is 6.10 Å². The number of carbonyl (C=O) groups excluding carboxylic acids is 1. The number of carbonyl (C=O) groups is 1. The van der Waals surface area contributed by atoms with Gasteiger partial charge in [0, 0.05) is 24.3 Å². The molecule has 1 aromatic carbocycles. The summed E-state index contributed by atoms with van der Waals surface area (Å²) in [7, 11) is -3.18. The van der Waals surface area contributed by atoms with Gasteiger partial charge in [0.15, 0.2) is 9.84 Å². The first kappa shape index (κ1) is 16.9. The second kappa shape index (κ2) is 6.90. The minimum absolute atomic E-state index is 0.0224. The Hall–Kier alpha value is -1.93. The van der Waals surface area contributed by atoms with Gasteiger partial charge in [0.2, 0.25) is 5.91 Å². The summed E-state index contributed by atoms with van der Waals surface area (Å²) >= 11 is 1.44. The Morgan fingerprint density at radius 1 is 1.33 bits per heavy atom. The second-order valence-electron chi connectivity index (χ2n) is 5.75. The molecule has 0 aliphatic carbocycles. The molecule has 0 spiro atoms. The summed E-state index contributed by atoms with van der Waals surface area (Å²) in [4.78, 5) is 18.3. The molecule has 0 atom stereocenters. The van der Waals surface area contributed by atoms with E-state index in [-0.39, 0.29) is 12.0 Å². The van der Waals surface area contributed by atoms with Gasteiger partial charge in [-0.25, -0.2) is 13.4 Å². The average molecular weight is 366 g/mol. The highest BCUT2D eigenvalue weighted by molar-refractivity contribution is 7.90. The van der Waals surface area contributed by atoms with Crippen LogP contribution < -0.4 is 4.74 Å². The molecule has 24 heavy (non-hydrogen) atoms. The third kappa shape index (κ3) is 4.12. The number of aromatic nitrogens is 1. The average Bonchev–Trinajstić information content (AvgIpc) is 3.01. The normalized spacial score (nSPS) is 15.1. The van der Waals surface area contributed by atoms with Crippen LogP contribution in [-0.2, 0) is 21.1 Å². The van der Waals surface area contributed by atoms with Crippen LogP contribution in [0.25, 0.3) is 0 Å². The zero-order valence-electron chi connectivity index (χ0n) is 13.2. The Kier molecular flexibility index (Phi) is 4.86. The minimum atomic E-state index is -3.18. The van der Waals surface area contributed by atoms with Crippen LogP contribution in [0.15, 0.2) is 40.7 Å². The van der Waals surface area contributed by atoms with Crippen molar-refractivity contribution in [3.05, 3.63) is 41.4 Å². The molecule has 128 valence electrons. The smallest absolute Gasteiger partial charge is 0.273 e. The van der Waals surface area contributed by atoms with Gasteiger partial charge in [-0.1, -0.05) is 23.5 Å². The summed E-state index contributed by atoms with van der Waals surface area (Å²) < 4.78 is 28.5. The molecule has 0 saturated carbocycles. The van der Waals surface area contributed by atoms with Gasteiger partial charge < -0.3 is 9.64 Å². The van der Waals surface area contributed by atoms with Crippen molar-refractivity contribution >= 4 is 27.1 Å². The Labute approximate surface area is 145 Å². The molecule has 1 fully saturated rings. The van der Waals surface area contributed by atoms with Crippen LogP contribution in [0.5, 0.6) is 5.19 Å². The molecule has 1 amide bonds. The fourth-order valence-electron chi connectivity index (χ4n) is 2.44. The first-order valence-electron chi connectivity index (χ1n) is 7.55. The fourth-order valence-corrected chi connectivity index (χ4v) is 3.62. The number of aryl methyl sites for hydroxylation is 1. The van der Waals surface area contributed by atoms with Crippen LogP contribution >= 0.6 is 11.3 Å². The topological polar surface area (TPSA) is 76.6 Å². The van der Waals surface area contributed by atoms with Gasteiger partial charge in [0.25, 0.3) is 5.19 Å². The minimum Gasteiger partial charge on any atom is -0.463 e. The lowest BCUT2D eigenvalue weighted by Crippen LogP contribution is -2.56. The molecule has 1 aromatic heterocycles. The number of hydrogen-bond acceptors (Lipinski definition) is 6. The molecule has 1 aliphatic rings. The first-order valence-corrected chi connectivity index (χ1v) is 10.3. The Morgan fingerprint density at radius 3 is 2.62 bits per heavy atom. The molecule has 2 aromatic rings. The first-order chi connectivity index (χ1) is 11.4. The van der Waals surface area contributed by atoms with Crippen LogP contribution in [0, 0.1) is 0 Å². The summed E-state index contributed by atoms with van der Waals surface area (Å²) in [6.45, 7) is 1.18. The maximum Gasteiger partial charge on any atom is 0.273 e. The number of sulfone groups is 1. The molecule has 6 nitrogen and oxygen atoms in total. The van der Waals surface area contributed by atoms with E-state index in [0.717, 1.165) is 5.56 Å². The predicted molar refractivity (Wildman–Crippen MR) is 91.0 cm³/mol. The van der Waals surface area contributed by atoms with Crippen molar-refractivity contribution < 1.29 is 17.9 Å². The second-order valence-corrected chi connectivity index (χ2v) is 8.63. The van der Waals surface area contributed by atoms with Crippen molar-refractivity contribution in [1.29, 1.82) is 0 Å².